The van der Waals surface area contributed by atoms with E-state index in [1.54, 1.807) is 0 Å². The lowest BCUT2D eigenvalue weighted by molar-refractivity contribution is -0.122. The highest BCUT2D eigenvalue weighted by atomic mass is 16.1. The van der Waals surface area contributed by atoms with E-state index in [9.17, 15) is 4.79 Å². The van der Waals surface area contributed by atoms with Gasteiger partial charge < -0.3 is 5.32 Å². The lowest BCUT2D eigenvalue weighted by Gasteiger charge is -2.25. The van der Waals surface area contributed by atoms with Gasteiger partial charge in [-0.1, -0.05) is 24.3 Å². The van der Waals surface area contributed by atoms with Crippen molar-refractivity contribution in [2.75, 3.05) is 0 Å². The lowest BCUT2D eigenvalue weighted by Crippen LogP contribution is -2.39. The number of hydrogen-bond donors (Lipinski definition) is 1. The molecular formula is C18H23N3O. The number of nitrogens with one attached hydrogen (secondary N) is 1. The van der Waals surface area contributed by atoms with E-state index in [4.69, 9.17) is 0 Å². The van der Waals surface area contributed by atoms with Crippen LogP contribution in [0.3, 0.4) is 0 Å². The molecule has 4 nitrogen and oxygen atoms in total. The SMILES string of the molecule is Cc1cc(C)n(CCC(=O)N[C@H]2CCc3ccccc3C2)n1. The molecular weight excluding hydrogens is 274 g/mol. The highest BCUT2D eigenvalue weighted by molar-refractivity contribution is 5.76. The van der Waals surface area contributed by atoms with E-state index in [2.05, 4.69) is 34.7 Å². The van der Waals surface area contributed by atoms with Crippen molar-refractivity contribution >= 4 is 5.91 Å². The van der Waals surface area contributed by atoms with Gasteiger partial charge in [0.05, 0.1) is 5.69 Å². The number of hydrogen-bond acceptors (Lipinski definition) is 2. The van der Waals surface area contributed by atoms with Gasteiger partial charge in [0.25, 0.3) is 0 Å². The molecule has 1 N–H and O–H groups in total. The molecule has 1 aromatic heterocycles. The van der Waals surface area contributed by atoms with Gasteiger partial charge in [-0.25, -0.2) is 0 Å². The summed E-state index contributed by atoms with van der Waals surface area (Å²) in [5.74, 6) is 0.122. The largest absolute Gasteiger partial charge is 0.353 e. The Labute approximate surface area is 131 Å². The minimum Gasteiger partial charge on any atom is -0.353 e. The van der Waals surface area contributed by atoms with Crippen LogP contribution in [0.15, 0.2) is 30.3 Å². The topological polar surface area (TPSA) is 46.9 Å². The molecule has 1 heterocycles. The van der Waals surface area contributed by atoms with Crippen molar-refractivity contribution in [1.82, 2.24) is 15.1 Å². The number of benzene rings is 1. The Morgan fingerprint density at radius 1 is 1.32 bits per heavy atom. The van der Waals surface area contributed by atoms with E-state index in [1.165, 1.54) is 11.1 Å². The van der Waals surface area contributed by atoms with Crippen LogP contribution in [-0.4, -0.2) is 21.7 Å². The number of aromatic nitrogens is 2. The molecule has 1 aliphatic carbocycles. The van der Waals surface area contributed by atoms with Crippen molar-refractivity contribution in [3.05, 3.63) is 52.8 Å². The average Bonchev–Trinajstić information content (AvgIpc) is 2.83. The van der Waals surface area contributed by atoms with Gasteiger partial charge in [0.15, 0.2) is 0 Å². The number of aryl methyl sites for hydroxylation is 4. The Morgan fingerprint density at radius 2 is 2.09 bits per heavy atom. The average molecular weight is 297 g/mol. The van der Waals surface area contributed by atoms with Gasteiger partial charge in [0.1, 0.15) is 0 Å². The molecule has 2 aromatic rings. The van der Waals surface area contributed by atoms with E-state index in [0.29, 0.717) is 13.0 Å². The summed E-state index contributed by atoms with van der Waals surface area (Å²) in [5, 5.41) is 7.57. The molecule has 116 valence electrons. The summed E-state index contributed by atoms with van der Waals surface area (Å²) in [7, 11) is 0. The molecule has 0 radical (unpaired) electrons. The van der Waals surface area contributed by atoms with Crippen LogP contribution in [0, 0.1) is 13.8 Å². The van der Waals surface area contributed by atoms with Crippen LogP contribution < -0.4 is 5.32 Å². The minimum absolute atomic E-state index is 0.122. The minimum atomic E-state index is 0.122. The molecule has 1 aliphatic rings. The normalized spacial score (nSPS) is 17.1. The molecule has 0 saturated heterocycles. The van der Waals surface area contributed by atoms with E-state index >= 15 is 0 Å². The molecule has 0 spiro atoms. The van der Waals surface area contributed by atoms with Gasteiger partial charge in [-0.15, -0.1) is 0 Å². The predicted octanol–water partition coefficient (Wildman–Crippen LogP) is 2.56. The van der Waals surface area contributed by atoms with Crippen molar-refractivity contribution in [2.45, 2.75) is 52.1 Å². The fourth-order valence-electron chi connectivity index (χ4n) is 3.23. The van der Waals surface area contributed by atoms with Crippen molar-refractivity contribution in [1.29, 1.82) is 0 Å². The van der Waals surface area contributed by atoms with Crippen LogP contribution in [0.1, 0.15) is 35.4 Å². The molecule has 4 heteroatoms. The fraction of sp³-hybridized carbons (Fsp3) is 0.444. The highest BCUT2D eigenvalue weighted by Crippen LogP contribution is 2.21. The van der Waals surface area contributed by atoms with Gasteiger partial charge in [-0.2, -0.15) is 5.10 Å². The third kappa shape index (κ3) is 3.38. The summed E-state index contributed by atoms with van der Waals surface area (Å²) < 4.78 is 1.91. The highest BCUT2D eigenvalue weighted by Gasteiger charge is 2.19. The molecule has 0 unspecified atom stereocenters. The smallest absolute Gasteiger partial charge is 0.222 e. The maximum absolute atomic E-state index is 12.2. The van der Waals surface area contributed by atoms with Crippen LogP contribution >= 0.6 is 0 Å². The summed E-state index contributed by atoms with van der Waals surface area (Å²) in [5.41, 5.74) is 4.91. The van der Waals surface area contributed by atoms with Gasteiger partial charge in [0.2, 0.25) is 5.91 Å². The van der Waals surface area contributed by atoms with Crippen molar-refractivity contribution in [3.63, 3.8) is 0 Å². The summed E-state index contributed by atoms with van der Waals surface area (Å²) in [6.45, 7) is 4.65. The van der Waals surface area contributed by atoms with Crippen molar-refractivity contribution in [2.24, 2.45) is 0 Å². The molecule has 0 bridgehead atoms. The summed E-state index contributed by atoms with van der Waals surface area (Å²) in [4.78, 5) is 12.2. The van der Waals surface area contributed by atoms with E-state index in [0.717, 1.165) is 30.7 Å². The molecule has 1 atom stereocenters. The maximum atomic E-state index is 12.2. The van der Waals surface area contributed by atoms with Crippen molar-refractivity contribution < 1.29 is 4.79 Å². The zero-order chi connectivity index (χ0) is 15.5. The zero-order valence-electron chi connectivity index (χ0n) is 13.3. The van der Waals surface area contributed by atoms with E-state index < -0.39 is 0 Å². The van der Waals surface area contributed by atoms with Crippen molar-refractivity contribution in [3.8, 4) is 0 Å². The Balaban J connectivity index is 1.51. The number of nitrogens with zero attached hydrogens (tertiary/aromatic N) is 2. The van der Waals surface area contributed by atoms with Crippen LogP contribution in [0.4, 0.5) is 0 Å². The second-order valence-corrected chi connectivity index (χ2v) is 6.18. The third-order valence-electron chi connectivity index (χ3n) is 4.37. The van der Waals surface area contributed by atoms with Gasteiger partial charge in [-0.3, -0.25) is 9.48 Å². The number of carbonyl (C=O) groups excluding carboxylic acids is 1. The first-order chi connectivity index (χ1) is 10.6. The van der Waals surface area contributed by atoms with Gasteiger partial charge in [0, 0.05) is 24.7 Å². The van der Waals surface area contributed by atoms with Crippen LogP contribution in [0.2, 0.25) is 0 Å². The molecule has 0 aliphatic heterocycles. The number of amides is 1. The number of fused-ring (bicyclic) bond motifs is 1. The first-order valence-corrected chi connectivity index (χ1v) is 7.99. The Bertz CT molecular complexity index is 675. The van der Waals surface area contributed by atoms with E-state index in [-0.39, 0.29) is 11.9 Å². The first kappa shape index (κ1) is 14.8. The molecule has 0 saturated carbocycles. The monoisotopic (exact) mass is 297 g/mol. The summed E-state index contributed by atoms with van der Waals surface area (Å²) in [6, 6.07) is 10.8. The number of rotatable bonds is 4. The van der Waals surface area contributed by atoms with Crippen LogP contribution in [0.5, 0.6) is 0 Å². The summed E-state index contributed by atoms with van der Waals surface area (Å²) in [6.07, 6.45) is 3.52. The molecule has 1 amide bonds. The van der Waals surface area contributed by atoms with Gasteiger partial charge >= 0.3 is 0 Å². The van der Waals surface area contributed by atoms with Crippen LogP contribution in [-0.2, 0) is 24.2 Å². The zero-order valence-corrected chi connectivity index (χ0v) is 13.3. The second-order valence-electron chi connectivity index (χ2n) is 6.18. The second kappa shape index (κ2) is 6.34. The van der Waals surface area contributed by atoms with E-state index in [1.807, 2.05) is 24.6 Å². The molecule has 1 aromatic carbocycles. The summed E-state index contributed by atoms with van der Waals surface area (Å²) >= 11 is 0. The predicted molar refractivity (Wildman–Crippen MR) is 86.7 cm³/mol. The lowest BCUT2D eigenvalue weighted by atomic mass is 9.88. The van der Waals surface area contributed by atoms with Gasteiger partial charge in [-0.05, 0) is 50.3 Å². The Hall–Kier alpha value is -2.10. The Kier molecular flexibility index (Phi) is 4.27. The van der Waals surface area contributed by atoms with Crippen LogP contribution in [0.25, 0.3) is 0 Å². The quantitative estimate of drug-likeness (QED) is 0.943. The third-order valence-corrected chi connectivity index (χ3v) is 4.37. The Morgan fingerprint density at radius 3 is 2.82 bits per heavy atom. The maximum Gasteiger partial charge on any atom is 0.222 e. The molecule has 0 fully saturated rings. The molecule has 3 rings (SSSR count). The molecule has 22 heavy (non-hydrogen) atoms. The standard InChI is InChI=1S/C18H23N3O/c1-13-11-14(2)21(20-13)10-9-18(22)19-17-8-7-15-5-3-4-6-16(15)12-17/h3-6,11,17H,7-10,12H2,1-2H3,(H,19,22)/t17-/m0/s1. The first-order valence-electron chi connectivity index (χ1n) is 7.99. The fourth-order valence-corrected chi connectivity index (χ4v) is 3.23. The number of carbonyl (C=O) groups is 1.